The number of carbonyl (C=O) groups is 2. The van der Waals surface area contributed by atoms with Crippen LogP contribution < -0.4 is 5.56 Å². The first-order chi connectivity index (χ1) is 13.0. The van der Waals surface area contributed by atoms with Crippen molar-refractivity contribution in [2.75, 3.05) is 13.7 Å². The summed E-state index contributed by atoms with van der Waals surface area (Å²) in [5.74, 6) is -1.13. The van der Waals surface area contributed by atoms with Crippen LogP contribution in [-0.4, -0.2) is 40.6 Å². The van der Waals surface area contributed by atoms with Crippen LogP contribution in [0.2, 0.25) is 0 Å². The van der Waals surface area contributed by atoms with E-state index in [-0.39, 0.29) is 11.6 Å². The molecule has 0 aliphatic carbocycles. The molecule has 1 N–H and O–H groups in total. The van der Waals surface area contributed by atoms with Gasteiger partial charge in [-0.25, -0.2) is 9.89 Å². The van der Waals surface area contributed by atoms with Crippen molar-refractivity contribution in [3.63, 3.8) is 0 Å². The lowest BCUT2D eigenvalue weighted by molar-refractivity contribution is -0.133. The summed E-state index contributed by atoms with van der Waals surface area (Å²) in [4.78, 5) is 37.8. The van der Waals surface area contributed by atoms with Crippen LogP contribution in [0.1, 0.15) is 16.1 Å². The fourth-order valence-corrected chi connectivity index (χ4v) is 2.96. The minimum atomic E-state index is -0.773. The molecule has 7 nitrogen and oxygen atoms in total. The highest BCUT2D eigenvalue weighted by Gasteiger charge is 2.18. The molecule has 0 fully saturated rings. The first-order valence-electron chi connectivity index (χ1n) is 8.09. The van der Waals surface area contributed by atoms with Gasteiger partial charge in [0.15, 0.2) is 12.3 Å². The lowest BCUT2D eigenvalue weighted by atomic mass is 10.1. The summed E-state index contributed by atoms with van der Waals surface area (Å²) in [6.45, 7) is -0.0490. The van der Waals surface area contributed by atoms with E-state index < -0.39 is 18.1 Å². The zero-order valence-corrected chi connectivity index (χ0v) is 16.0. The summed E-state index contributed by atoms with van der Waals surface area (Å²) in [6, 6.07) is 14.1. The second-order valence-electron chi connectivity index (χ2n) is 5.86. The van der Waals surface area contributed by atoms with Crippen LogP contribution in [0.25, 0.3) is 10.8 Å². The number of fused-ring (bicyclic) bond motifs is 1. The molecule has 0 spiro atoms. The standard InChI is InChI=1S/C19H16BrN3O4/c1-23(10-12-6-2-5-9-15(12)20)16(24)11-27-19(26)17-13-7-3-4-8-14(13)18(25)22-21-17/h2-9H,10-11H2,1H3,(H,22,25). The van der Waals surface area contributed by atoms with Crippen molar-refractivity contribution in [3.05, 3.63) is 74.6 Å². The fraction of sp³-hybridized carbons (Fsp3) is 0.158. The van der Waals surface area contributed by atoms with Gasteiger partial charge in [0.2, 0.25) is 0 Å². The molecule has 0 aliphatic rings. The summed E-state index contributed by atoms with van der Waals surface area (Å²) >= 11 is 3.43. The van der Waals surface area contributed by atoms with Gasteiger partial charge in [-0.05, 0) is 17.7 Å². The number of halogens is 1. The molecule has 0 radical (unpaired) electrons. The number of nitrogens with one attached hydrogen (secondary N) is 1. The third kappa shape index (κ3) is 4.22. The average Bonchev–Trinajstić information content (AvgIpc) is 2.68. The van der Waals surface area contributed by atoms with E-state index >= 15 is 0 Å². The molecule has 2 aromatic carbocycles. The minimum absolute atomic E-state index is 0.0357. The Hall–Kier alpha value is -3.00. The molecule has 1 heterocycles. The van der Waals surface area contributed by atoms with Crippen molar-refractivity contribution in [1.82, 2.24) is 15.1 Å². The van der Waals surface area contributed by atoms with Gasteiger partial charge < -0.3 is 9.64 Å². The van der Waals surface area contributed by atoms with E-state index in [1.54, 1.807) is 31.3 Å². The normalized spacial score (nSPS) is 10.6. The highest BCUT2D eigenvalue weighted by atomic mass is 79.9. The van der Waals surface area contributed by atoms with Crippen LogP contribution in [0.3, 0.4) is 0 Å². The van der Waals surface area contributed by atoms with Gasteiger partial charge in [-0.3, -0.25) is 9.59 Å². The number of rotatable bonds is 5. The number of esters is 1. The Morgan fingerprint density at radius 2 is 1.78 bits per heavy atom. The van der Waals surface area contributed by atoms with Gasteiger partial charge in [-0.1, -0.05) is 52.3 Å². The lowest BCUT2D eigenvalue weighted by Crippen LogP contribution is -2.31. The van der Waals surface area contributed by atoms with Crippen LogP contribution in [-0.2, 0) is 16.1 Å². The molecule has 0 saturated heterocycles. The second kappa shape index (κ2) is 8.13. The molecule has 0 aliphatic heterocycles. The number of likely N-dealkylation sites (N-methyl/N-ethyl adjacent to an activating group) is 1. The largest absolute Gasteiger partial charge is 0.451 e. The Bertz CT molecular complexity index is 1060. The van der Waals surface area contributed by atoms with E-state index in [4.69, 9.17) is 4.74 Å². The van der Waals surface area contributed by atoms with Crippen LogP contribution in [0.5, 0.6) is 0 Å². The SMILES string of the molecule is CN(Cc1ccccc1Br)C(=O)COC(=O)c1n[nH]c(=O)c2ccccc12. The van der Waals surface area contributed by atoms with Gasteiger partial charge in [-0.2, -0.15) is 5.10 Å². The van der Waals surface area contributed by atoms with E-state index in [1.165, 1.54) is 4.90 Å². The van der Waals surface area contributed by atoms with Crippen molar-refractivity contribution >= 4 is 38.6 Å². The topological polar surface area (TPSA) is 92.4 Å². The second-order valence-corrected chi connectivity index (χ2v) is 6.72. The Balaban J connectivity index is 1.67. The zero-order valence-electron chi connectivity index (χ0n) is 14.4. The molecule has 8 heteroatoms. The number of benzene rings is 2. The molecular formula is C19H16BrN3O4. The number of aromatic amines is 1. The summed E-state index contributed by atoms with van der Waals surface area (Å²) in [5, 5.41) is 6.74. The average molecular weight is 430 g/mol. The van der Waals surface area contributed by atoms with E-state index in [1.807, 2.05) is 24.3 Å². The number of nitrogens with zero attached hydrogens (tertiary/aromatic N) is 2. The molecular weight excluding hydrogens is 414 g/mol. The monoisotopic (exact) mass is 429 g/mol. The predicted octanol–water partition coefficient (Wildman–Crippen LogP) is 2.50. The van der Waals surface area contributed by atoms with Crippen molar-refractivity contribution in [2.45, 2.75) is 6.54 Å². The zero-order chi connectivity index (χ0) is 19.4. The molecule has 3 rings (SSSR count). The molecule has 0 saturated carbocycles. The first-order valence-corrected chi connectivity index (χ1v) is 8.88. The first kappa shape index (κ1) is 18.8. The molecule has 0 atom stereocenters. The number of amides is 1. The van der Waals surface area contributed by atoms with Crippen molar-refractivity contribution in [1.29, 1.82) is 0 Å². The number of hydrogen-bond acceptors (Lipinski definition) is 5. The van der Waals surface area contributed by atoms with Crippen molar-refractivity contribution in [2.24, 2.45) is 0 Å². The number of aromatic nitrogens is 2. The van der Waals surface area contributed by atoms with Crippen LogP contribution in [0.15, 0.2) is 57.8 Å². The number of carbonyl (C=O) groups excluding carboxylic acids is 2. The van der Waals surface area contributed by atoms with Gasteiger partial charge in [0, 0.05) is 23.5 Å². The van der Waals surface area contributed by atoms with E-state index in [9.17, 15) is 14.4 Å². The Labute approximate surface area is 163 Å². The van der Waals surface area contributed by atoms with Gasteiger partial charge in [0.1, 0.15) is 0 Å². The Morgan fingerprint density at radius 3 is 2.52 bits per heavy atom. The Kier molecular flexibility index (Phi) is 5.66. The lowest BCUT2D eigenvalue weighted by Gasteiger charge is -2.18. The maximum Gasteiger partial charge on any atom is 0.359 e. The van der Waals surface area contributed by atoms with Crippen LogP contribution >= 0.6 is 15.9 Å². The molecule has 1 amide bonds. The molecule has 0 unspecified atom stereocenters. The third-order valence-electron chi connectivity index (χ3n) is 4.01. The van der Waals surface area contributed by atoms with Gasteiger partial charge in [-0.15, -0.1) is 0 Å². The highest BCUT2D eigenvalue weighted by Crippen LogP contribution is 2.17. The van der Waals surface area contributed by atoms with Crippen LogP contribution in [0, 0.1) is 0 Å². The minimum Gasteiger partial charge on any atom is -0.451 e. The number of H-pyrrole nitrogens is 1. The summed E-state index contributed by atoms with van der Waals surface area (Å²) in [6.07, 6.45) is 0. The molecule has 0 bridgehead atoms. The van der Waals surface area contributed by atoms with E-state index in [2.05, 4.69) is 26.1 Å². The highest BCUT2D eigenvalue weighted by molar-refractivity contribution is 9.10. The molecule has 27 heavy (non-hydrogen) atoms. The summed E-state index contributed by atoms with van der Waals surface area (Å²) in [5.41, 5.74) is 0.505. The molecule has 138 valence electrons. The Morgan fingerprint density at radius 1 is 1.11 bits per heavy atom. The quantitative estimate of drug-likeness (QED) is 0.628. The smallest absolute Gasteiger partial charge is 0.359 e. The van der Waals surface area contributed by atoms with Crippen molar-refractivity contribution in [3.8, 4) is 0 Å². The molecule has 3 aromatic rings. The van der Waals surface area contributed by atoms with Gasteiger partial charge >= 0.3 is 5.97 Å². The third-order valence-corrected chi connectivity index (χ3v) is 4.78. The van der Waals surface area contributed by atoms with E-state index in [0.717, 1.165) is 10.0 Å². The summed E-state index contributed by atoms with van der Waals surface area (Å²) in [7, 11) is 1.63. The maximum absolute atomic E-state index is 12.3. The van der Waals surface area contributed by atoms with Gasteiger partial charge in [0.25, 0.3) is 11.5 Å². The van der Waals surface area contributed by atoms with Crippen molar-refractivity contribution < 1.29 is 14.3 Å². The molecule has 1 aromatic heterocycles. The fourth-order valence-electron chi connectivity index (χ4n) is 2.55. The maximum atomic E-state index is 12.3. The number of ether oxygens (including phenoxy) is 1. The van der Waals surface area contributed by atoms with E-state index in [0.29, 0.717) is 17.3 Å². The predicted molar refractivity (Wildman–Crippen MR) is 103 cm³/mol. The van der Waals surface area contributed by atoms with Gasteiger partial charge in [0.05, 0.1) is 5.39 Å². The number of hydrogen-bond donors (Lipinski definition) is 1. The van der Waals surface area contributed by atoms with Crippen LogP contribution in [0.4, 0.5) is 0 Å². The summed E-state index contributed by atoms with van der Waals surface area (Å²) < 4.78 is 5.99.